The first-order chi connectivity index (χ1) is 19.1. The summed E-state index contributed by atoms with van der Waals surface area (Å²) in [6.07, 6.45) is 6.37. The summed E-state index contributed by atoms with van der Waals surface area (Å²) >= 11 is 1.33. The lowest BCUT2D eigenvalue weighted by atomic mass is 9.84. The summed E-state index contributed by atoms with van der Waals surface area (Å²) in [6, 6.07) is 23.2. The number of nitrogens with zero attached hydrogens (tertiary/aromatic N) is 4. The average Bonchev–Trinajstić information content (AvgIpc) is 3.43. The van der Waals surface area contributed by atoms with Crippen molar-refractivity contribution in [3.8, 4) is 5.75 Å². The maximum Gasteiger partial charge on any atom is 0.263 e. The van der Waals surface area contributed by atoms with Crippen LogP contribution < -0.4 is 10.3 Å². The summed E-state index contributed by atoms with van der Waals surface area (Å²) in [4.78, 5) is 26.6. The van der Waals surface area contributed by atoms with Crippen molar-refractivity contribution >= 4 is 34.2 Å². The molecule has 0 amide bonds. The van der Waals surface area contributed by atoms with Gasteiger partial charge in [0.05, 0.1) is 30.3 Å². The van der Waals surface area contributed by atoms with Crippen molar-refractivity contribution in [3.05, 3.63) is 99.8 Å². The van der Waals surface area contributed by atoms with Gasteiger partial charge in [-0.25, -0.2) is 0 Å². The lowest BCUT2D eigenvalue weighted by Gasteiger charge is -2.22. The third-order valence-electron chi connectivity index (χ3n) is 7.64. The van der Waals surface area contributed by atoms with Crippen molar-refractivity contribution in [1.29, 1.82) is 0 Å². The van der Waals surface area contributed by atoms with Crippen LogP contribution in [-0.2, 0) is 6.54 Å². The van der Waals surface area contributed by atoms with E-state index in [-0.39, 0.29) is 23.6 Å². The number of thioether (sulfide) groups is 1. The number of fused-ring (bicyclic) bond motifs is 3. The normalized spacial score (nSPS) is 14.2. The fourth-order valence-corrected chi connectivity index (χ4v) is 6.40. The maximum atomic E-state index is 13.5. The highest BCUT2D eigenvalue weighted by Gasteiger charge is 2.20. The molecule has 0 radical (unpaired) electrons. The molecular weight excluding hydrogens is 508 g/mol. The van der Waals surface area contributed by atoms with Gasteiger partial charge in [0.1, 0.15) is 5.75 Å². The molecule has 7 nitrogen and oxygen atoms in total. The Labute approximate surface area is 230 Å². The fraction of sp³-hybridized carbons (Fsp3) is 0.290. The Morgan fingerprint density at radius 2 is 1.69 bits per heavy atom. The Balaban J connectivity index is 1.30. The fourth-order valence-electron chi connectivity index (χ4n) is 5.56. The Morgan fingerprint density at radius 1 is 0.949 bits per heavy atom. The Kier molecular flexibility index (Phi) is 7.20. The number of carbonyl (C=O) groups excluding carboxylic acids is 1. The molecule has 198 valence electrons. The Hall–Kier alpha value is -3.91. The van der Waals surface area contributed by atoms with Crippen LogP contribution in [0, 0.1) is 0 Å². The van der Waals surface area contributed by atoms with Gasteiger partial charge in [-0.2, -0.15) is 0 Å². The minimum absolute atomic E-state index is 0.0404. The summed E-state index contributed by atoms with van der Waals surface area (Å²) in [5.74, 6) is 2.00. The van der Waals surface area contributed by atoms with Crippen molar-refractivity contribution in [3.63, 3.8) is 0 Å². The van der Waals surface area contributed by atoms with Gasteiger partial charge in [0.2, 0.25) is 5.78 Å². The molecule has 0 spiro atoms. The largest absolute Gasteiger partial charge is 0.496 e. The van der Waals surface area contributed by atoms with E-state index in [2.05, 4.69) is 22.3 Å². The molecule has 0 unspecified atom stereocenters. The molecule has 2 aromatic heterocycles. The SMILES string of the molecule is COc1ccccc1Cn1c(=O)c2ccccc2n2c(SCC(=O)c3ccc(C4CCCCC4)cc3)nnc12. The van der Waals surface area contributed by atoms with Crippen LogP contribution >= 0.6 is 11.8 Å². The van der Waals surface area contributed by atoms with E-state index in [1.807, 2.05) is 65.1 Å². The quantitative estimate of drug-likeness (QED) is 0.175. The number of Topliss-reactive ketones (excluding diaryl/α,β-unsaturated/α-hetero) is 1. The van der Waals surface area contributed by atoms with E-state index in [0.29, 0.717) is 39.1 Å². The highest BCUT2D eigenvalue weighted by molar-refractivity contribution is 7.99. The van der Waals surface area contributed by atoms with Crippen LogP contribution in [0.5, 0.6) is 5.75 Å². The molecule has 1 saturated carbocycles. The van der Waals surface area contributed by atoms with Gasteiger partial charge in [0.15, 0.2) is 10.9 Å². The van der Waals surface area contributed by atoms with Crippen molar-refractivity contribution < 1.29 is 9.53 Å². The summed E-state index contributed by atoms with van der Waals surface area (Å²) in [5.41, 5.74) is 3.46. The number of para-hydroxylation sites is 2. The van der Waals surface area contributed by atoms with Crippen LogP contribution in [0.15, 0.2) is 82.7 Å². The summed E-state index contributed by atoms with van der Waals surface area (Å²) in [7, 11) is 1.62. The van der Waals surface area contributed by atoms with Gasteiger partial charge in [-0.3, -0.25) is 18.6 Å². The Bertz CT molecular complexity index is 1700. The molecule has 3 aromatic carbocycles. The van der Waals surface area contributed by atoms with Crippen molar-refractivity contribution in [2.75, 3.05) is 12.9 Å². The number of carbonyl (C=O) groups is 1. The lowest BCUT2D eigenvalue weighted by Crippen LogP contribution is -2.24. The molecule has 0 bridgehead atoms. The molecule has 1 aliphatic rings. The van der Waals surface area contributed by atoms with E-state index in [0.717, 1.165) is 5.56 Å². The summed E-state index contributed by atoms with van der Waals surface area (Å²) < 4.78 is 9.00. The van der Waals surface area contributed by atoms with Crippen molar-refractivity contribution in [2.24, 2.45) is 0 Å². The second-order valence-corrected chi connectivity index (χ2v) is 10.9. The first-order valence-corrected chi connectivity index (χ1v) is 14.4. The smallest absolute Gasteiger partial charge is 0.263 e. The van der Waals surface area contributed by atoms with E-state index >= 15 is 0 Å². The number of benzene rings is 3. The molecule has 0 aliphatic heterocycles. The van der Waals surface area contributed by atoms with Gasteiger partial charge >= 0.3 is 0 Å². The van der Waals surface area contributed by atoms with Gasteiger partial charge in [0, 0.05) is 11.1 Å². The predicted octanol–water partition coefficient (Wildman–Crippen LogP) is 6.12. The second-order valence-electron chi connectivity index (χ2n) is 10.0. The van der Waals surface area contributed by atoms with Crippen LogP contribution in [0.25, 0.3) is 16.7 Å². The molecule has 1 fully saturated rings. The first-order valence-electron chi connectivity index (χ1n) is 13.4. The van der Waals surface area contributed by atoms with Gasteiger partial charge < -0.3 is 4.74 Å². The number of methoxy groups -OCH3 is 1. The minimum Gasteiger partial charge on any atom is -0.496 e. The van der Waals surface area contributed by atoms with E-state index in [1.54, 1.807) is 11.7 Å². The molecular formula is C31H30N4O3S. The number of aromatic nitrogens is 4. The molecule has 0 atom stereocenters. The van der Waals surface area contributed by atoms with Gasteiger partial charge in [0.25, 0.3) is 5.56 Å². The first kappa shape index (κ1) is 25.4. The van der Waals surface area contributed by atoms with E-state index in [4.69, 9.17) is 4.74 Å². The van der Waals surface area contributed by atoms with Crippen LogP contribution in [0.3, 0.4) is 0 Å². The maximum absolute atomic E-state index is 13.5. The Morgan fingerprint density at radius 3 is 2.49 bits per heavy atom. The number of hydrogen-bond donors (Lipinski definition) is 0. The van der Waals surface area contributed by atoms with Gasteiger partial charge in [-0.1, -0.05) is 85.6 Å². The van der Waals surface area contributed by atoms with E-state index in [1.165, 1.54) is 49.4 Å². The third-order valence-corrected chi connectivity index (χ3v) is 8.57. The second kappa shape index (κ2) is 11.1. The van der Waals surface area contributed by atoms with Gasteiger partial charge in [-0.15, -0.1) is 10.2 Å². The molecule has 39 heavy (non-hydrogen) atoms. The average molecular weight is 539 g/mol. The topological polar surface area (TPSA) is 78.5 Å². The molecule has 0 saturated heterocycles. The monoisotopic (exact) mass is 538 g/mol. The van der Waals surface area contributed by atoms with Crippen molar-refractivity contribution in [1.82, 2.24) is 19.2 Å². The number of hydrogen-bond acceptors (Lipinski definition) is 6. The number of ketones is 1. The highest BCUT2D eigenvalue weighted by Crippen LogP contribution is 2.33. The third kappa shape index (κ3) is 4.96. The summed E-state index contributed by atoms with van der Waals surface area (Å²) in [6.45, 7) is 0.284. The molecule has 8 heteroatoms. The molecule has 5 aromatic rings. The zero-order chi connectivity index (χ0) is 26.8. The lowest BCUT2D eigenvalue weighted by molar-refractivity contribution is 0.102. The molecule has 6 rings (SSSR count). The van der Waals surface area contributed by atoms with Crippen LogP contribution in [0.2, 0.25) is 0 Å². The zero-order valence-electron chi connectivity index (χ0n) is 21.9. The van der Waals surface area contributed by atoms with Crippen molar-refractivity contribution in [2.45, 2.75) is 49.7 Å². The van der Waals surface area contributed by atoms with Crippen LogP contribution in [0.1, 0.15) is 59.5 Å². The van der Waals surface area contributed by atoms with Gasteiger partial charge in [-0.05, 0) is 42.5 Å². The minimum atomic E-state index is -0.151. The summed E-state index contributed by atoms with van der Waals surface area (Å²) in [5, 5.41) is 9.94. The predicted molar refractivity (Wildman–Crippen MR) is 154 cm³/mol. The highest BCUT2D eigenvalue weighted by atomic mass is 32.2. The van der Waals surface area contributed by atoms with E-state index < -0.39 is 0 Å². The molecule has 1 aliphatic carbocycles. The van der Waals surface area contributed by atoms with Crippen LogP contribution in [-0.4, -0.2) is 37.8 Å². The number of rotatable bonds is 8. The number of ether oxygens (including phenoxy) is 1. The zero-order valence-corrected chi connectivity index (χ0v) is 22.7. The molecule has 2 heterocycles. The standard InChI is InChI=1S/C31H30N4O3S/c1-38-28-14-8-5-11-24(28)19-34-29(37)25-12-6-7-13-26(25)35-30(34)32-33-31(35)39-20-27(36)23-17-15-22(16-18-23)21-9-3-2-4-10-21/h5-8,11-18,21H,2-4,9-10,19-20H2,1H3. The molecule has 0 N–H and O–H groups in total. The van der Waals surface area contributed by atoms with Crippen LogP contribution in [0.4, 0.5) is 0 Å². The van der Waals surface area contributed by atoms with E-state index in [9.17, 15) is 9.59 Å².